The number of ketones is 1. The average molecular weight is 401 g/mol. The number of Topliss-reactive ketones (excluding diaryl/α,β-unsaturated/α-hetero) is 1. The standard InChI is InChI=1S/C21H28N4O2S/c1-13(19(27)14-5-7-15(8-6-14)21(2,3)4)28-20-24-23-18(12-11-17(22)26)25(20)16-9-10-16/h5-8,13,16H,9-12H2,1-4H3,(H2,22,26). The highest BCUT2D eigenvalue weighted by atomic mass is 32.2. The van der Waals surface area contributed by atoms with Gasteiger partial charge in [-0.15, -0.1) is 10.2 Å². The molecule has 2 aromatic rings. The molecule has 2 N–H and O–H groups in total. The Morgan fingerprint density at radius 1 is 1.21 bits per heavy atom. The zero-order valence-electron chi connectivity index (χ0n) is 16.9. The zero-order chi connectivity index (χ0) is 20.5. The number of hydrogen-bond acceptors (Lipinski definition) is 5. The van der Waals surface area contributed by atoms with Crippen molar-refractivity contribution in [2.75, 3.05) is 0 Å². The molecule has 1 saturated carbocycles. The highest BCUT2D eigenvalue weighted by Crippen LogP contribution is 2.40. The van der Waals surface area contributed by atoms with Crippen molar-refractivity contribution in [1.29, 1.82) is 0 Å². The van der Waals surface area contributed by atoms with E-state index < -0.39 is 0 Å². The maximum atomic E-state index is 12.9. The van der Waals surface area contributed by atoms with Crippen LogP contribution in [0, 0.1) is 0 Å². The van der Waals surface area contributed by atoms with Crippen molar-refractivity contribution in [2.45, 2.75) is 75.2 Å². The van der Waals surface area contributed by atoms with Gasteiger partial charge in [0.2, 0.25) is 5.91 Å². The average Bonchev–Trinajstić information content (AvgIpc) is 3.40. The molecule has 0 aliphatic heterocycles. The first-order valence-electron chi connectivity index (χ1n) is 9.70. The van der Waals surface area contributed by atoms with Gasteiger partial charge < -0.3 is 10.3 Å². The highest BCUT2D eigenvalue weighted by molar-refractivity contribution is 8.00. The number of primary amides is 1. The number of rotatable bonds is 8. The summed E-state index contributed by atoms with van der Waals surface area (Å²) in [5.74, 6) is 0.509. The number of nitrogens with two attached hydrogens (primary N) is 1. The molecule has 0 radical (unpaired) electrons. The molecule has 28 heavy (non-hydrogen) atoms. The second-order valence-corrected chi connectivity index (χ2v) is 9.73. The van der Waals surface area contributed by atoms with Crippen LogP contribution in [0.4, 0.5) is 0 Å². The van der Waals surface area contributed by atoms with Crippen molar-refractivity contribution in [1.82, 2.24) is 14.8 Å². The molecule has 3 rings (SSSR count). The minimum atomic E-state index is -0.346. The lowest BCUT2D eigenvalue weighted by Gasteiger charge is -2.19. The van der Waals surface area contributed by atoms with Crippen molar-refractivity contribution < 1.29 is 9.59 Å². The van der Waals surface area contributed by atoms with Gasteiger partial charge in [-0.05, 0) is 30.7 Å². The Hall–Kier alpha value is -2.15. The van der Waals surface area contributed by atoms with Gasteiger partial charge in [-0.3, -0.25) is 9.59 Å². The lowest BCUT2D eigenvalue weighted by Crippen LogP contribution is -2.16. The third-order valence-corrected chi connectivity index (χ3v) is 5.99. The summed E-state index contributed by atoms with van der Waals surface area (Å²) in [7, 11) is 0. The van der Waals surface area contributed by atoms with Gasteiger partial charge in [0.05, 0.1) is 5.25 Å². The quantitative estimate of drug-likeness (QED) is 0.539. The summed E-state index contributed by atoms with van der Waals surface area (Å²) in [6.45, 7) is 8.37. The summed E-state index contributed by atoms with van der Waals surface area (Å²) in [4.78, 5) is 24.0. The molecule has 1 amide bonds. The van der Waals surface area contributed by atoms with E-state index in [0.717, 1.165) is 23.8 Å². The third kappa shape index (κ3) is 4.82. The third-order valence-electron chi connectivity index (χ3n) is 4.93. The van der Waals surface area contributed by atoms with E-state index in [0.29, 0.717) is 18.0 Å². The molecule has 0 bridgehead atoms. The van der Waals surface area contributed by atoms with Crippen molar-refractivity contribution >= 4 is 23.5 Å². The molecule has 0 spiro atoms. The Kier molecular flexibility index (Phi) is 5.93. The van der Waals surface area contributed by atoms with Gasteiger partial charge in [0.25, 0.3) is 0 Å². The number of nitrogens with zero attached hydrogens (tertiary/aromatic N) is 3. The molecule has 1 aromatic carbocycles. The Morgan fingerprint density at radius 3 is 2.39 bits per heavy atom. The predicted molar refractivity (Wildman–Crippen MR) is 111 cm³/mol. The van der Waals surface area contributed by atoms with E-state index in [4.69, 9.17) is 5.73 Å². The molecule has 1 fully saturated rings. The largest absolute Gasteiger partial charge is 0.370 e. The van der Waals surface area contributed by atoms with Crippen LogP contribution >= 0.6 is 11.8 Å². The second-order valence-electron chi connectivity index (χ2n) is 8.42. The zero-order valence-corrected chi connectivity index (χ0v) is 17.8. The fraction of sp³-hybridized carbons (Fsp3) is 0.524. The normalized spacial score (nSPS) is 15.4. The monoisotopic (exact) mass is 400 g/mol. The molecule has 7 heteroatoms. The summed E-state index contributed by atoms with van der Waals surface area (Å²) >= 11 is 1.43. The second kappa shape index (κ2) is 8.07. The van der Waals surface area contributed by atoms with E-state index in [9.17, 15) is 9.59 Å². The van der Waals surface area contributed by atoms with Crippen LogP contribution in [0.25, 0.3) is 0 Å². The van der Waals surface area contributed by atoms with Crippen LogP contribution in [0.2, 0.25) is 0 Å². The topological polar surface area (TPSA) is 90.9 Å². The summed E-state index contributed by atoms with van der Waals surface area (Å²) < 4.78 is 2.08. The van der Waals surface area contributed by atoms with Gasteiger partial charge in [-0.2, -0.15) is 0 Å². The Balaban J connectivity index is 1.73. The lowest BCUT2D eigenvalue weighted by molar-refractivity contribution is -0.118. The number of carbonyl (C=O) groups excluding carboxylic acids is 2. The van der Waals surface area contributed by atoms with E-state index in [1.807, 2.05) is 31.2 Å². The lowest BCUT2D eigenvalue weighted by atomic mass is 9.86. The number of hydrogen-bond donors (Lipinski definition) is 1. The summed E-state index contributed by atoms with van der Waals surface area (Å²) in [5.41, 5.74) is 7.24. The minimum Gasteiger partial charge on any atom is -0.370 e. The fourth-order valence-electron chi connectivity index (χ4n) is 3.07. The number of benzene rings is 1. The van der Waals surface area contributed by atoms with Crippen LogP contribution in [0.15, 0.2) is 29.4 Å². The van der Waals surface area contributed by atoms with Gasteiger partial charge in [-0.25, -0.2) is 0 Å². The molecular weight excluding hydrogens is 372 g/mol. The van der Waals surface area contributed by atoms with Gasteiger partial charge in [0.1, 0.15) is 5.82 Å². The molecule has 1 aromatic heterocycles. The SMILES string of the molecule is CC(Sc1nnc(CCC(N)=O)n1C1CC1)C(=O)c1ccc(C(C)(C)C)cc1. The maximum Gasteiger partial charge on any atom is 0.217 e. The van der Waals surface area contributed by atoms with Crippen LogP contribution in [0.3, 0.4) is 0 Å². The van der Waals surface area contributed by atoms with Crippen LogP contribution in [0.5, 0.6) is 0 Å². The molecule has 1 unspecified atom stereocenters. The molecule has 1 heterocycles. The van der Waals surface area contributed by atoms with Gasteiger partial charge in [0, 0.05) is 24.4 Å². The molecule has 6 nitrogen and oxygen atoms in total. The van der Waals surface area contributed by atoms with Gasteiger partial charge in [-0.1, -0.05) is 56.8 Å². The van der Waals surface area contributed by atoms with E-state index in [1.165, 1.54) is 17.3 Å². The minimum absolute atomic E-state index is 0.0595. The maximum absolute atomic E-state index is 12.9. The molecular formula is C21H28N4O2S. The number of carbonyl (C=O) groups is 2. The first-order valence-corrected chi connectivity index (χ1v) is 10.6. The van der Waals surface area contributed by atoms with Crippen LogP contribution in [-0.4, -0.2) is 31.7 Å². The summed E-state index contributed by atoms with van der Waals surface area (Å²) in [5, 5.41) is 9.01. The number of thioether (sulfide) groups is 1. The molecule has 1 aliphatic rings. The van der Waals surface area contributed by atoms with Crippen molar-refractivity contribution in [3.63, 3.8) is 0 Å². The van der Waals surface area contributed by atoms with Crippen molar-refractivity contribution in [3.8, 4) is 0 Å². The summed E-state index contributed by atoms with van der Waals surface area (Å²) in [6, 6.07) is 8.24. The predicted octanol–water partition coefficient (Wildman–Crippen LogP) is 3.69. The number of amides is 1. The molecule has 0 saturated heterocycles. The van der Waals surface area contributed by atoms with Gasteiger partial charge in [0.15, 0.2) is 10.9 Å². The summed E-state index contributed by atoms with van der Waals surface area (Å²) in [6.07, 6.45) is 2.89. The van der Waals surface area contributed by atoms with E-state index in [-0.39, 0.29) is 28.8 Å². The van der Waals surface area contributed by atoms with Crippen molar-refractivity contribution in [3.05, 3.63) is 41.2 Å². The smallest absolute Gasteiger partial charge is 0.217 e. The van der Waals surface area contributed by atoms with Crippen molar-refractivity contribution in [2.24, 2.45) is 5.73 Å². The Bertz CT molecular complexity index is 864. The van der Waals surface area contributed by atoms with Crippen LogP contribution < -0.4 is 5.73 Å². The Labute approximate surface area is 170 Å². The van der Waals surface area contributed by atoms with E-state index in [2.05, 4.69) is 35.5 Å². The fourth-order valence-corrected chi connectivity index (χ4v) is 4.09. The number of aryl methyl sites for hydroxylation is 1. The van der Waals surface area contributed by atoms with E-state index in [1.54, 1.807) is 0 Å². The molecule has 1 aliphatic carbocycles. The first-order chi connectivity index (χ1) is 13.2. The van der Waals surface area contributed by atoms with E-state index >= 15 is 0 Å². The highest BCUT2D eigenvalue weighted by Gasteiger charge is 2.31. The Morgan fingerprint density at radius 2 is 1.86 bits per heavy atom. The van der Waals surface area contributed by atoms with Crippen LogP contribution in [-0.2, 0) is 16.6 Å². The van der Waals surface area contributed by atoms with Gasteiger partial charge >= 0.3 is 0 Å². The molecule has 150 valence electrons. The van der Waals surface area contributed by atoms with Crippen LogP contribution in [0.1, 0.15) is 74.7 Å². The molecule has 1 atom stereocenters. The first kappa shape index (κ1) is 20.6. The number of aromatic nitrogens is 3.